The number of amides is 1. The molecule has 92 valence electrons. The summed E-state index contributed by atoms with van der Waals surface area (Å²) in [7, 11) is 0. The van der Waals surface area contributed by atoms with Crippen LogP contribution in [0.5, 0.6) is 0 Å². The van der Waals surface area contributed by atoms with Crippen LogP contribution < -0.4 is 0 Å². The minimum absolute atomic E-state index is 0.0756. The molecule has 0 atom stereocenters. The Morgan fingerprint density at radius 2 is 1.58 bits per heavy atom. The van der Waals surface area contributed by atoms with Crippen molar-refractivity contribution in [3.8, 4) is 6.07 Å². The van der Waals surface area contributed by atoms with Gasteiger partial charge in [-0.15, -0.1) is 0 Å². The molecule has 3 nitrogen and oxygen atoms in total. The third-order valence-electron chi connectivity index (χ3n) is 3.41. The molecule has 0 unspecified atom stereocenters. The van der Waals surface area contributed by atoms with E-state index in [1.54, 1.807) is 29.2 Å². The first-order valence-corrected chi connectivity index (χ1v) is 6.15. The second-order valence-corrected chi connectivity index (χ2v) is 4.59. The van der Waals surface area contributed by atoms with Crippen LogP contribution in [0, 0.1) is 11.3 Å². The Morgan fingerprint density at radius 3 is 2.21 bits per heavy atom. The van der Waals surface area contributed by atoms with Gasteiger partial charge in [-0.2, -0.15) is 5.26 Å². The maximum atomic E-state index is 12.5. The summed E-state index contributed by atoms with van der Waals surface area (Å²) in [5.74, 6) is -0.0756. The average Bonchev–Trinajstić information content (AvgIpc) is 2.90. The molecule has 19 heavy (non-hydrogen) atoms. The number of fused-ring (bicyclic) bond motifs is 1. The fraction of sp³-hybridized carbons (Fsp3) is 0.125. The van der Waals surface area contributed by atoms with Gasteiger partial charge in [0.05, 0.1) is 17.2 Å². The molecule has 3 rings (SSSR count). The zero-order chi connectivity index (χ0) is 13.2. The lowest BCUT2D eigenvalue weighted by molar-refractivity contribution is 0.0751. The first-order chi connectivity index (χ1) is 9.29. The van der Waals surface area contributed by atoms with Gasteiger partial charge in [0, 0.05) is 13.1 Å². The third kappa shape index (κ3) is 1.98. The Hall–Kier alpha value is -2.60. The van der Waals surface area contributed by atoms with Crippen LogP contribution in [0.3, 0.4) is 0 Å². The number of nitriles is 1. The van der Waals surface area contributed by atoms with Crippen LogP contribution in [0.25, 0.3) is 0 Å². The first kappa shape index (κ1) is 11.5. The lowest BCUT2D eigenvalue weighted by atomic mass is 10.1. The molecule has 0 N–H and O–H groups in total. The van der Waals surface area contributed by atoms with Crippen LogP contribution >= 0.6 is 0 Å². The Labute approximate surface area is 111 Å². The van der Waals surface area contributed by atoms with Gasteiger partial charge in [-0.1, -0.05) is 36.4 Å². The van der Waals surface area contributed by atoms with Gasteiger partial charge >= 0.3 is 0 Å². The Kier molecular flexibility index (Phi) is 2.77. The maximum Gasteiger partial charge on any atom is 0.255 e. The molecule has 3 heteroatoms. The highest BCUT2D eigenvalue weighted by molar-refractivity contribution is 5.96. The van der Waals surface area contributed by atoms with Crippen LogP contribution in [0.15, 0.2) is 48.5 Å². The quantitative estimate of drug-likeness (QED) is 0.778. The fourth-order valence-corrected chi connectivity index (χ4v) is 2.41. The molecule has 0 spiro atoms. The monoisotopic (exact) mass is 248 g/mol. The summed E-state index contributed by atoms with van der Waals surface area (Å²) in [6, 6.07) is 17.1. The van der Waals surface area contributed by atoms with Crippen LogP contribution in [-0.2, 0) is 13.1 Å². The minimum atomic E-state index is -0.0756. The van der Waals surface area contributed by atoms with Gasteiger partial charge < -0.3 is 4.90 Å². The lowest BCUT2D eigenvalue weighted by Crippen LogP contribution is -2.26. The second-order valence-electron chi connectivity index (χ2n) is 4.59. The molecule has 1 heterocycles. The molecule has 0 aliphatic carbocycles. The van der Waals surface area contributed by atoms with Crippen LogP contribution in [0.1, 0.15) is 27.0 Å². The smallest absolute Gasteiger partial charge is 0.255 e. The molecule has 1 aliphatic rings. The highest BCUT2D eigenvalue weighted by Gasteiger charge is 2.25. The van der Waals surface area contributed by atoms with E-state index in [1.165, 1.54) is 11.1 Å². The molecule has 0 bridgehead atoms. The van der Waals surface area contributed by atoms with Gasteiger partial charge in [0.25, 0.3) is 5.91 Å². The van der Waals surface area contributed by atoms with Gasteiger partial charge in [0.2, 0.25) is 0 Å². The standard InChI is InChI=1S/C16H12N2O/c17-9-12-5-3-4-8-15(12)16(19)18-10-13-6-1-2-7-14(13)11-18/h1-8H,10-11H2. The van der Waals surface area contributed by atoms with Crippen molar-refractivity contribution in [3.05, 3.63) is 70.8 Å². The zero-order valence-corrected chi connectivity index (χ0v) is 10.3. The zero-order valence-electron chi connectivity index (χ0n) is 10.3. The molecule has 0 saturated heterocycles. The van der Waals surface area contributed by atoms with Crippen molar-refractivity contribution in [1.29, 1.82) is 5.26 Å². The van der Waals surface area contributed by atoms with E-state index < -0.39 is 0 Å². The number of hydrogen-bond acceptors (Lipinski definition) is 2. The van der Waals surface area contributed by atoms with Crippen LogP contribution in [0.2, 0.25) is 0 Å². The molecule has 1 aliphatic heterocycles. The van der Waals surface area contributed by atoms with Gasteiger partial charge in [-0.3, -0.25) is 4.79 Å². The number of hydrogen-bond donors (Lipinski definition) is 0. The van der Waals surface area contributed by atoms with E-state index in [0.29, 0.717) is 24.2 Å². The van der Waals surface area contributed by atoms with Crippen molar-refractivity contribution in [3.63, 3.8) is 0 Å². The summed E-state index contributed by atoms with van der Waals surface area (Å²) in [4.78, 5) is 14.2. The first-order valence-electron chi connectivity index (χ1n) is 6.15. The van der Waals surface area contributed by atoms with Crippen molar-refractivity contribution >= 4 is 5.91 Å². The van der Waals surface area contributed by atoms with Crippen molar-refractivity contribution in [2.24, 2.45) is 0 Å². The number of rotatable bonds is 1. The maximum absolute atomic E-state index is 12.5. The topological polar surface area (TPSA) is 44.1 Å². The number of benzene rings is 2. The van der Waals surface area contributed by atoms with Crippen LogP contribution in [0.4, 0.5) is 0 Å². The van der Waals surface area contributed by atoms with Gasteiger partial charge in [-0.25, -0.2) is 0 Å². The molecule has 0 aromatic heterocycles. The molecule has 2 aromatic carbocycles. The molecule has 0 radical (unpaired) electrons. The number of carbonyl (C=O) groups excluding carboxylic acids is 1. The van der Waals surface area contributed by atoms with E-state index in [1.807, 2.05) is 24.3 Å². The number of nitrogens with zero attached hydrogens (tertiary/aromatic N) is 2. The van der Waals surface area contributed by atoms with E-state index in [-0.39, 0.29) is 5.91 Å². The number of carbonyl (C=O) groups is 1. The van der Waals surface area contributed by atoms with E-state index in [0.717, 1.165) is 0 Å². The normalized spacial score (nSPS) is 12.9. The molecule has 1 amide bonds. The van der Waals surface area contributed by atoms with Crippen molar-refractivity contribution in [1.82, 2.24) is 4.90 Å². The van der Waals surface area contributed by atoms with E-state index in [2.05, 4.69) is 6.07 Å². The predicted octanol–water partition coefficient (Wildman–Crippen LogP) is 2.71. The van der Waals surface area contributed by atoms with Gasteiger partial charge in [-0.05, 0) is 23.3 Å². The van der Waals surface area contributed by atoms with Crippen molar-refractivity contribution in [2.45, 2.75) is 13.1 Å². The predicted molar refractivity (Wildman–Crippen MR) is 71.2 cm³/mol. The third-order valence-corrected chi connectivity index (χ3v) is 3.41. The minimum Gasteiger partial charge on any atom is -0.330 e. The molecule has 0 saturated carbocycles. The second kappa shape index (κ2) is 4.58. The molecular weight excluding hydrogens is 236 g/mol. The molecule has 2 aromatic rings. The van der Waals surface area contributed by atoms with Gasteiger partial charge in [0.1, 0.15) is 0 Å². The molecule has 0 fully saturated rings. The molecular formula is C16H12N2O. The Bertz CT molecular complexity index is 660. The van der Waals surface area contributed by atoms with Crippen molar-refractivity contribution in [2.75, 3.05) is 0 Å². The SMILES string of the molecule is N#Cc1ccccc1C(=O)N1Cc2ccccc2C1. The Balaban J connectivity index is 1.90. The largest absolute Gasteiger partial charge is 0.330 e. The summed E-state index contributed by atoms with van der Waals surface area (Å²) in [6.07, 6.45) is 0. The van der Waals surface area contributed by atoms with E-state index >= 15 is 0 Å². The fourth-order valence-electron chi connectivity index (χ4n) is 2.41. The Morgan fingerprint density at radius 1 is 1.00 bits per heavy atom. The summed E-state index contributed by atoms with van der Waals surface area (Å²) in [5.41, 5.74) is 3.29. The van der Waals surface area contributed by atoms with Crippen LogP contribution in [-0.4, -0.2) is 10.8 Å². The summed E-state index contributed by atoms with van der Waals surface area (Å²) < 4.78 is 0. The highest BCUT2D eigenvalue weighted by Crippen LogP contribution is 2.24. The average molecular weight is 248 g/mol. The summed E-state index contributed by atoms with van der Waals surface area (Å²) in [6.45, 7) is 1.24. The lowest BCUT2D eigenvalue weighted by Gasteiger charge is -2.16. The van der Waals surface area contributed by atoms with E-state index in [9.17, 15) is 4.79 Å². The van der Waals surface area contributed by atoms with E-state index in [4.69, 9.17) is 5.26 Å². The van der Waals surface area contributed by atoms with Gasteiger partial charge in [0.15, 0.2) is 0 Å². The van der Waals surface area contributed by atoms with Crippen molar-refractivity contribution < 1.29 is 4.79 Å². The summed E-state index contributed by atoms with van der Waals surface area (Å²) in [5, 5.41) is 9.06. The highest BCUT2D eigenvalue weighted by atomic mass is 16.2. The summed E-state index contributed by atoms with van der Waals surface area (Å²) >= 11 is 0.